The molecular formula is C12H20N3O. The summed E-state index contributed by atoms with van der Waals surface area (Å²) in [7, 11) is 0. The van der Waals surface area contributed by atoms with Gasteiger partial charge < -0.3 is 9.47 Å². The first-order chi connectivity index (χ1) is 7.43. The summed E-state index contributed by atoms with van der Waals surface area (Å²) in [6.07, 6.45) is 4.46. The highest BCUT2D eigenvalue weighted by molar-refractivity contribution is 5.76. The molecule has 0 spiro atoms. The Morgan fingerprint density at radius 2 is 2.00 bits per heavy atom. The third kappa shape index (κ3) is 2.84. The van der Waals surface area contributed by atoms with Gasteiger partial charge in [0.2, 0.25) is 5.91 Å². The van der Waals surface area contributed by atoms with Gasteiger partial charge >= 0.3 is 0 Å². The van der Waals surface area contributed by atoms with Crippen LogP contribution in [-0.4, -0.2) is 32.4 Å². The van der Waals surface area contributed by atoms with Gasteiger partial charge in [-0.25, -0.2) is 4.98 Å². The van der Waals surface area contributed by atoms with Crippen LogP contribution in [0.2, 0.25) is 0 Å². The van der Waals surface area contributed by atoms with Crippen molar-refractivity contribution in [1.82, 2.24) is 14.5 Å². The summed E-state index contributed by atoms with van der Waals surface area (Å²) in [5.74, 6) is 0.945. The zero-order valence-corrected chi connectivity index (χ0v) is 10.7. The molecule has 0 fully saturated rings. The summed E-state index contributed by atoms with van der Waals surface area (Å²) in [6, 6.07) is 0.445. The molecule has 0 atom stereocenters. The second kappa shape index (κ2) is 5.14. The zero-order valence-electron chi connectivity index (χ0n) is 10.7. The molecule has 1 aromatic heterocycles. The number of aromatic nitrogens is 2. The quantitative estimate of drug-likeness (QED) is 0.776. The minimum absolute atomic E-state index is 0.125. The summed E-state index contributed by atoms with van der Waals surface area (Å²) in [5, 5.41) is 0. The molecule has 0 unspecified atom stereocenters. The maximum absolute atomic E-state index is 12.1. The van der Waals surface area contributed by atoms with Crippen LogP contribution in [0.3, 0.4) is 0 Å². The van der Waals surface area contributed by atoms with Crippen LogP contribution in [0.15, 0.2) is 6.20 Å². The fourth-order valence-corrected chi connectivity index (χ4v) is 1.91. The van der Waals surface area contributed by atoms with Crippen LogP contribution in [0.1, 0.15) is 33.5 Å². The van der Waals surface area contributed by atoms with Crippen molar-refractivity contribution in [3.63, 3.8) is 0 Å². The Bertz CT molecular complexity index is 347. The Kier molecular flexibility index (Phi) is 4.10. The first-order valence-electron chi connectivity index (χ1n) is 5.64. The van der Waals surface area contributed by atoms with Crippen molar-refractivity contribution in [1.29, 1.82) is 0 Å². The Morgan fingerprint density at radius 3 is 2.38 bits per heavy atom. The summed E-state index contributed by atoms with van der Waals surface area (Å²) >= 11 is 0. The van der Waals surface area contributed by atoms with Crippen molar-refractivity contribution in [2.45, 2.75) is 53.2 Å². The van der Waals surface area contributed by atoms with E-state index in [1.54, 1.807) is 6.20 Å². The Labute approximate surface area is 97.3 Å². The van der Waals surface area contributed by atoms with Gasteiger partial charge in [-0.15, -0.1) is 0 Å². The molecule has 0 aromatic carbocycles. The molecule has 16 heavy (non-hydrogen) atoms. The van der Waals surface area contributed by atoms with Gasteiger partial charge in [0, 0.05) is 18.3 Å². The molecule has 1 amide bonds. The minimum atomic E-state index is 0.125. The van der Waals surface area contributed by atoms with Crippen molar-refractivity contribution in [3.8, 4) is 0 Å². The van der Waals surface area contributed by atoms with Gasteiger partial charge in [0.05, 0.1) is 0 Å². The van der Waals surface area contributed by atoms with E-state index in [9.17, 15) is 4.79 Å². The third-order valence-electron chi connectivity index (χ3n) is 2.56. The molecule has 4 heteroatoms. The highest BCUT2D eigenvalue weighted by Crippen LogP contribution is 2.07. The average Bonchev–Trinajstić information content (AvgIpc) is 2.50. The maximum atomic E-state index is 12.1. The van der Waals surface area contributed by atoms with Gasteiger partial charge in [0.1, 0.15) is 18.6 Å². The number of carbonyl (C=O) groups is 1. The van der Waals surface area contributed by atoms with Crippen molar-refractivity contribution < 1.29 is 4.79 Å². The molecule has 4 nitrogen and oxygen atoms in total. The topological polar surface area (TPSA) is 38.1 Å². The van der Waals surface area contributed by atoms with E-state index in [1.807, 2.05) is 44.1 Å². The summed E-state index contributed by atoms with van der Waals surface area (Å²) in [4.78, 5) is 18.0. The Hall–Kier alpha value is -1.32. The van der Waals surface area contributed by atoms with Crippen LogP contribution >= 0.6 is 0 Å². The molecular weight excluding hydrogens is 202 g/mol. The van der Waals surface area contributed by atoms with Crippen molar-refractivity contribution >= 4 is 5.91 Å². The third-order valence-corrected chi connectivity index (χ3v) is 2.56. The molecule has 0 aliphatic carbocycles. The van der Waals surface area contributed by atoms with Crippen molar-refractivity contribution in [3.05, 3.63) is 18.2 Å². The van der Waals surface area contributed by atoms with Gasteiger partial charge in [0.25, 0.3) is 0 Å². The van der Waals surface area contributed by atoms with E-state index in [4.69, 9.17) is 0 Å². The maximum Gasteiger partial charge on any atom is 0.243 e. The van der Waals surface area contributed by atoms with E-state index in [1.165, 1.54) is 0 Å². The first-order valence-corrected chi connectivity index (χ1v) is 5.64. The predicted molar refractivity (Wildman–Crippen MR) is 62.9 cm³/mol. The number of hydrogen-bond donors (Lipinski definition) is 0. The molecule has 1 rings (SSSR count). The van der Waals surface area contributed by atoms with Crippen LogP contribution in [0.25, 0.3) is 0 Å². The number of hydrogen-bond acceptors (Lipinski definition) is 2. The van der Waals surface area contributed by atoms with Gasteiger partial charge in [-0.05, 0) is 34.6 Å². The van der Waals surface area contributed by atoms with E-state index in [0.717, 1.165) is 5.82 Å². The van der Waals surface area contributed by atoms with Crippen LogP contribution < -0.4 is 0 Å². The van der Waals surface area contributed by atoms with E-state index in [-0.39, 0.29) is 18.0 Å². The number of rotatable bonds is 4. The molecule has 89 valence electrons. The Morgan fingerprint density at radius 1 is 1.44 bits per heavy atom. The lowest BCUT2D eigenvalue weighted by Gasteiger charge is -2.31. The van der Waals surface area contributed by atoms with Crippen LogP contribution in [0, 0.1) is 13.1 Å². The van der Waals surface area contributed by atoms with Crippen molar-refractivity contribution in [2.24, 2.45) is 0 Å². The Balaban J connectivity index is 2.74. The summed E-state index contributed by atoms with van der Waals surface area (Å²) in [5.41, 5.74) is 0. The van der Waals surface area contributed by atoms with Crippen LogP contribution in [0.4, 0.5) is 0 Å². The highest BCUT2D eigenvalue weighted by atomic mass is 16.2. The number of imidazole rings is 1. The summed E-state index contributed by atoms with van der Waals surface area (Å²) in [6.45, 7) is 10.3. The van der Waals surface area contributed by atoms with Gasteiger partial charge in [0.15, 0.2) is 0 Å². The van der Waals surface area contributed by atoms with E-state index in [0.29, 0.717) is 6.54 Å². The predicted octanol–water partition coefficient (Wildman–Crippen LogP) is 1.64. The van der Waals surface area contributed by atoms with Crippen molar-refractivity contribution in [2.75, 3.05) is 0 Å². The molecule has 0 saturated carbocycles. The normalized spacial score (nSPS) is 11.2. The van der Waals surface area contributed by atoms with Gasteiger partial charge in [-0.3, -0.25) is 4.79 Å². The second-order valence-electron chi connectivity index (χ2n) is 4.53. The smallest absolute Gasteiger partial charge is 0.243 e. The SMILES string of the molecule is Cc1n[c]cn1CC(=O)N(C(C)C)C(C)C. The number of nitrogens with zero attached hydrogens (tertiary/aromatic N) is 3. The highest BCUT2D eigenvalue weighted by Gasteiger charge is 2.20. The standard InChI is InChI=1S/C12H20N3O/c1-9(2)15(10(3)4)12(16)8-14-7-6-13-11(14)5/h7,9-10H,8H2,1-5H3. The molecule has 1 aromatic rings. The van der Waals surface area contributed by atoms with E-state index in [2.05, 4.69) is 11.2 Å². The zero-order chi connectivity index (χ0) is 12.3. The molecule has 0 bridgehead atoms. The summed E-state index contributed by atoms with van der Waals surface area (Å²) < 4.78 is 1.82. The lowest BCUT2D eigenvalue weighted by atomic mass is 10.2. The average molecular weight is 222 g/mol. The van der Waals surface area contributed by atoms with E-state index >= 15 is 0 Å². The second-order valence-corrected chi connectivity index (χ2v) is 4.53. The fourth-order valence-electron chi connectivity index (χ4n) is 1.91. The fraction of sp³-hybridized carbons (Fsp3) is 0.667. The molecule has 0 saturated heterocycles. The molecule has 0 aliphatic rings. The minimum Gasteiger partial charge on any atom is -0.336 e. The van der Waals surface area contributed by atoms with Crippen LogP contribution in [-0.2, 0) is 11.3 Å². The lowest BCUT2D eigenvalue weighted by molar-refractivity contribution is -0.135. The molecule has 0 aliphatic heterocycles. The monoisotopic (exact) mass is 222 g/mol. The van der Waals surface area contributed by atoms with Gasteiger partial charge in [-0.2, -0.15) is 0 Å². The number of amides is 1. The van der Waals surface area contributed by atoms with Crippen LogP contribution in [0.5, 0.6) is 0 Å². The largest absolute Gasteiger partial charge is 0.336 e. The van der Waals surface area contributed by atoms with Gasteiger partial charge in [-0.1, -0.05) is 0 Å². The molecule has 1 radical (unpaired) electrons. The lowest BCUT2D eigenvalue weighted by Crippen LogP contribution is -2.43. The first kappa shape index (κ1) is 12.7. The van der Waals surface area contributed by atoms with E-state index < -0.39 is 0 Å². The molecule has 0 N–H and O–H groups in total. The number of aryl methyl sites for hydroxylation is 1. The molecule has 1 heterocycles. The number of carbonyl (C=O) groups excluding carboxylic acids is 1.